The van der Waals surface area contributed by atoms with Gasteiger partial charge in [0.2, 0.25) is 12.2 Å². The van der Waals surface area contributed by atoms with Crippen molar-refractivity contribution >= 4 is 29.8 Å². The van der Waals surface area contributed by atoms with Crippen molar-refractivity contribution in [3.8, 4) is 0 Å². The average Bonchev–Trinajstić information content (AvgIpc) is 2.49. The lowest BCUT2D eigenvalue weighted by Gasteiger charge is -2.24. The van der Waals surface area contributed by atoms with Gasteiger partial charge >= 0.3 is 29.8 Å². The molecule has 3 atom stereocenters. The number of carbonyl (C=O) groups is 5. The van der Waals surface area contributed by atoms with Gasteiger partial charge in [-0.25, -0.2) is 14.4 Å². The second-order valence-electron chi connectivity index (χ2n) is 5.00. The van der Waals surface area contributed by atoms with E-state index in [2.05, 4.69) is 4.74 Å². The molecular formula is C15H22O10. The van der Waals surface area contributed by atoms with Gasteiger partial charge in [-0.05, 0) is 13.3 Å². The summed E-state index contributed by atoms with van der Waals surface area (Å²) in [6.07, 6.45) is -4.22. The van der Waals surface area contributed by atoms with Crippen LogP contribution in [0.4, 0.5) is 0 Å². The van der Waals surface area contributed by atoms with Gasteiger partial charge < -0.3 is 24.1 Å². The molecule has 0 fully saturated rings. The first-order valence-corrected chi connectivity index (χ1v) is 7.54. The Balaban J connectivity index is 5.41. The monoisotopic (exact) mass is 362 g/mol. The van der Waals surface area contributed by atoms with Gasteiger partial charge in [-0.15, -0.1) is 0 Å². The Morgan fingerprint density at radius 3 is 1.76 bits per heavy atom. The molecule has 0 heterocycles. The molecule has 0 spiro atoms. The van der Waals surface area contributed by atoms with Crippen LogP contribution in [-0.4, -0.2) is 59.9 Å². The van der Waals surface area contributed by atoms with E-state index in [-0.39, 0.29) is 6.61 Å². The fourth-order valence-electron chi connectivity index (χ4n) is 1.52. The van der Waals surface area contributed by atoms with Gasteiger partial charge in [0.15, 0.2) is 6.10 Å². The van der Waals surface area contributed by atoms with Crippen LogP contribution in [0.15, 0.2) is 0 Å². The summed E-state index contributed by atoms with van der Waals surface area (Å²) < 4.78 is 18.9. The molecule has 0 aromatic rings. The predicted molar refractivity (Wildman–Crippen MR) is 80.2 cm³/mol. The summed E-state index contributed by atoms with van der Waals surface area (Å²) >= 11 is 0. The van der Waals surface area contributed by atoms with E-state index in [9.17, 15) is 24.0 Å². The highest BCUT2D eigenvalue weighted by Gasteiger charge is 2.42. The molecule has 1 N–H and O–H groups in total. The molecule has 0 unspecified atom stereocenters. The van der Waals surface area contributed by atoms with E-state index in [1.165, 1.54) is 0 Å². The molecule has 0 rings (SSSR count). The SMILES string of the molecule is CCCCOC(=O)[C@H](OC(C)=O)[C@@H](OC(C)=O)C(=O)O[C@@H](C)C(=O)O. The topological polar surface area (TPSA) is 142 Å². The molecule has 25 heavy (non-hydrogen) atoms. The number of aliphatic carboxylic acids is 1. The van der Waals surface area contributed by atoms with E-state index >= 15 is 0 Å². The molecule has 142 valence electrons. The van der Waals surface area contributed by atoms with Crippen molar-refractivity contribution in [3.63, 3.8) is 0 Å². The smallest absolute Gasteiger partial charge is 0.352 e. The molecule has 10 heteroatoms. The first-order valence-electron chi connectivity index (χ1n) is 7.54. The molecule has 0 amide bonds. The Morgan fingerprint density at radius 1 is 0.880 bits per heavy atom. The highest BCUT2D eigenvalue weighted by Crippen LogP contribution is 2.12. The van der Waals surface area contributed by atoms with Crippen LogP contribution < -0.4 is 0 Å². The third-order valence-corrected chi connectivity index (χ3v) is 2.71. The molecule has 0 radical (unpaired) electrons. The molecule has 0 aromatic heterocycles. The first-order chi connectivity index (χ1) is 11.6. The number of carbonyl (C=O) groups excluding carboxylic acids is 4. The molecule has 0 aromatic carbocycles. The number of hydrogen-bond donors (Lipinski definition) is 1. The van der Waals surface area contributed by atoms with E-state index in [4.69, 9.17) is 19.3 Å². The van der Waals surface area contributed by atoms with Crippen LogP contribution >= 0.6 is 0 Å². The highest BCUT2D eigenvalue weighted by atomic mass is 16.6. The quantitative estimate of drug-likeness (QED) is 0.325. The largest absolute Gasteiger partial charge is 0.479 e. The number of rotatable bonds is 10. The van der Waals surface area contributed by atoms with Crippen molar-refractivity contribution in [1.82, 2.24) is 0 Å². The Labute approximate surface area is 144 Å². The number of carboxylic acid groups (broad SMARTS) is 1. The van der Waals surface area contributed by atoms with Crippen LogP contribution in [0.25, 0.3) is 0 Å². The van der Waals surface area contributed by atoms with E-state index in [1.54, 1.807) is 0 Å². The van der Waals surface area contributed by atoms with Gasteiger partial charge in [0.05, 0.1) is 6.61 Å². The molecule has 0 aliphatic rings. The zero-order chi connectivity index (χ0) is 19.6. The Bertz CT molecular complexity index is 512. The second kappa shape index (κ2) is 11.0. The molecule has 10 nitrogen and oxygen atoms in total. The van der Waals surface area contributed by atoms with Gasteiger partial charge in [0, 0.05) is 13.8 Å². The van der Waals surface area contributed by atoms with Crippen LogP contribution in [-0.2, 0) is 42.9 Å². The van der Waals surface area contributed by atoms with Crippen molar-refractivity contribution in [2.75, 3.05) is 6.61 Å². The summed E-state index contributed by atoms with van der Waals surface area (Å²) in [5, 5.41) is 8.77. The van der Waals surface area contributed by atoms with Gasteiger partial charge in [-0.1, -0.05) is 13.3 Å². The normalized spacial score (nSPS) is 13.8. The fourth-order valence-corrected chi connectivity index (χ4v) is 1.52. The lowest BCUT2D eigenvalue weighted by molar-refractivity contribution is -0.193. The lowest BCUT2D eigenvalue weighted by atomic mass is 10.2. The van der Waals surface area contributed by atoms with Gasteiger partial charge in [-0.2, -0.15) is 0 Å². The van der Waals surface area contributed by atoms with E-state index in [0.717, 1.165) is 27.2 Å². The van der Waals surface area contributed by atoms with E-state index < -0.39 is 48.2 Å². The van der Waals surface area contributed by atoms with Crippen LogP contribution in [0.5, 0.6) is 0 Å². The summed E-state index contributed by atoms with van der Waals surface area (Å²) in [5.74, 6) is -5.83. The fraction of sp³-hybridized carbons (Fsp3) is 0.667. The lowest BCUT2D eigenvalue weighted by Crippen LogP contribution is -2.48. The number of ether oxygens (including phenoxy) is 4. The predicted octanol–water partition coefficient (Wildman–Crippen LogP) is 0.209. The summed E-state index contributed by atoms with van der Waals surface area (Å²) in [7, 11) is 0. The zero-order valence-electron chi connectivity index (χ0n) is 14.5. The third-order valence-electron chi connectivity index (χ3n) is 2.71. The maximum atomic E-state index is 12.1. The summed E-state index contributed by atoms with van der Waals surface area (Å²) in [6, 6.07) is 0. The maximum absolute atomic E-state index is 12.1. The van der Waals surface area contributed by atoms with Crippen LogP contribution in [0.3, 0.4) is 0 Å². The molecular weight excluding hydrogens is 340 g/mol. The first kappa shape index (κ1) is 22.4. The van der Waals surface area contributed by atoms with Gasteiger partial charge in [0.1, 0.15) is 0 Å². The molecule has 0 aliphatic heterocycles. The minimum atomic E-state index is -1.99. The Hall–Kier alpha value is -2.65. The van der Waals surface area contributed by atoms with Crippen LogP contribution in [0.2, 0.25) is 0 Å². The zero-order valence-corrected chi connectivity index (χ0v) is 14.5. The van der Waals surface area contributed by atoms with Crippen molar-refractivity contribution in [2.24, 2.45) is 0 Å². The standard InChI is InChI=1S/C15H22O10/c1-5-6-7-22-14(20)11(24-9(3)16)12(25-10(4)17)15(21)23-8(2)13(18)19/h8,11-12H,5-7H2,1-4H3,(H,18,19)/t8-,11+,12+/m0/s1. The third kappa shape index (κ3) is 8.68. The van der Waals surface area contributed by atoms with Crippen molar-refractivity contribution in [1.29, 1.82) is 0 Å². The summed E-state index contributed by atoms with van der Waals surface area (Å²) in [6.45, 7) is 4.84. The second-order valence-corrected chi connectivity index (χ2v) is 5.00. The highest BCUT2D eigenvalue weighted by molar-refractivity contribution is 5.90. The molecule has 0 saturated carbocycles. The Morgan fingerprint density at radius 2 is 1.36 bits per heavy atom. The average molecular weight is 362 g/mol. The summed E-state index contributed by atoms with van der Waals surface area (Å²) in [5.41, 5.74) is 0. The van der Waals surface area contributed by atoms with E-state index in [0.29, 0.717) is 6.42 Å². The molecule has 0 aliphatic carbocycles. The summed E-state index contributed by atoms with van der Waals surface area (Å²) in [4.78, 5) is 57.4. The number of carboxylic acids is 1. The minimum absolute atomic E-state index is 0.000462. The number of hydrogen-bond acceptors (Lipinski definition) is 9. The van der Waals surface area contributed by atoms with E-state index in [1.807, 2.05) is 6.92 Å². The van der Waals surface area contributed by atoms with Gasteiger partial charge in [0.25, 0.3) is 0 Å². The van der Waals surface area contributed by atoms with Crippen molar-refractivity contribution in [3.05, 3.63) is 0 Å². The van der Waals surface area contributed by atoms with Gasteiger partial charge in [-0.3, -0.25) is 9.59 Å². The Kier molecular flexibility index (Phi) is 9.83. The number of unbranched alkanes of at least 4 members (excludes halogenated alkanes) is 1. The van der Waals surface area contributed by atoms with Crippen LogP contribution in [0.1, 0.15) is 40.5 Å². The molecule has 0 bridgehead atoms. The van der Waals surface area contributed by atoms with Crippen molar-refractivity contribution < 1.29 is 48.0 Å². The van der Waals surface area contributed by atoms with Crippen molar-refractivity contribution in [2.45, 2.75) is 58.8 Å². The molecule has 0 saturated heterocycles. The maximum Gasteiger partial charge on any atom is 0.352 e. The van der Waals surface area contributed by atoms with Crippen LogP contribution in [0, 0.1) is 0 Å². The minimum Gasteiger partial charge on any atom is -0.479 e. The number of esters is 4.